The standard InChI is InChI=1S/C12H14N4O/c17-9-1-5-14-12-15-8-4-11(16-12)10-2-6-13-7-3-10/h2-4,6-8,17H,1,5,9H2,(H,14,15,16). The van der Waals surface area contributed by atoms with Gasteiger partial charge in [0.05, 0.1) is 5.69 Å². The first-order valence-corrected chi connectivity index (χ1v) is 5.48. The van der Waals surface area contributed by atoms with Crippen molar-refractivity contribution < 1.29 is 5.11 Å². The van der Waals surface area contributed by atoms with Crippen LogP contribution in [0, 0.1) is 0 Å². The van der Waals surface area contributed by atoms with E-state index < -0.39 is 0 Å². The number of hydrogen-bond donors (Lipinski definition) is 2. The summed E-state index contributed by atoms with van der Waals surface area (Å²) in [6.07, 6.45) is 5.86. The molecule has 2 aromatic rings. The van der Waals surface area contributed by atoms with Crippen LogP contribution in [0.25, 0.3) is 11.3 Å². The molecule has 0 spiro atoms. The quantitative estimate of drug-likeness (QED) is 0.758. The van der Waals surface area contributed by atoms with Gasteiger partial charge in [0.2, 0.25) is 5.95 Å². The minimum absolute atomic E-state index is 0.164. The number of aliphatic hydroxyl groups excluding tert-OH is 1. The molecule has 0 fully saturated rings. The van der Waals surface area contributed by atoms with Gasteiger partial charge in [-0.1, -0.05) is 0 Å². The largest absolute Gasteiger partial charge is 0.396 e. The molecule has 0 aliphatic carbocycles. The number of anilines is 1. The molecule has 5 nitrogen and oxygen atoms in total. The molecule has 2 heterocycles. The predicted molar refractivity (Wildman–Crippen MR) is 65.5 cm³/mol. The topological polar surface area (TPSA) is 70.9 Å². The predicted octanol–water partition coefficient (Wildman–Crippen LogP) is 1.33. The molecule has 0 aliphatic heterocycles. The highest BCUT2D eigenvalue weighted by Crippen LogP contribution is 2.15. The van der Waals surface area contributed by atoms with Gasteiger partial charge in [-0.2, -0.15) is 0 Å². The zero-order chi connectivity index (χ0) is 11.9. The summed E-state index contributed by atoms with van der Waals surface area (Å²) in [5.41, 5.74) is 1.86. The zero-order valence-electron chi connectivity index (χ0n) is 9.37. The average Bonchev–Trinajstić information content (AvgIpc) is 2.41. The van der Waals surface area contributed by atoms with Crippen molar-refractivity contribution in [2.24, 2.45) is 0 Å². The molecule has 0 bridgehead atoms. The maximum absolute atomic E-state index is 8.69. The Kier molecular flexibility index (Phi) is 3.99. The van der Waals surface area contributed by atoms with Gasteiger partial charge in [-0.15, -0.1) is 0 Å². The first-order valence-electron chi connectivity index (χ1n) is 5.48. The summed E-state index contributed by atoms with van der Waals surface area (Å²) in [5, 5.41) is 11.7. The van der Waals surface area contributed by atoms with Gasteiger partial charge in [0.1, 0.15) is 0 Å². The fraction of sp³-hybridized carbons (Fsp3) is 0.250. The second-order valence-corrected chi connectivity index (χ2v) is 3.51. The van der Waals surface area contributed by atoms with E-state index in [4.69, 9.17) is 5.11 Å². The lowest BCUT2D eigenvalue weighted by Crippen LogP contribution is -2.06. The smallest absolute Gasteiger partial charge is 0.223 e. The summed E-state index contributed by atoms with van der Waals surface area (Å²) < 4.78 is 0. The molecule has 0 aliphatic rings. The van der Waals surface area contributed by atoms with Crippen molar-refractivity contribution in [1.82, 2.24) is 15.0 Å². The zero-order valence-corrected chi connectivity index (χ0v) is 9.37. The Balaban J connectivity index is 2.12. The van der Waals surface area contributed by atoms with Gasteiger partial charge in [-0.05, 0) is 24.6 Å². The Morgan fingerprint density at radius 3 is 2.71 bits per heavy atom. The van der Waals surface area contributed by atoms with E-state index >= 15 is 0 Å². The lowest BCUT2D eigenvalue weighted by atomic mass is 10.2. The van der Waals surface area contributed by atoms with E-state index in [1.54, 1.807) is 18.6 Å². The Morgan fingerprint density at radius 1 is 1.12 bits per heavy atom. The van der Waals surface area contributed by atoms with Gasteiger partial charge in [0.25, 0.3) is 0 Å². The molecule has 0 saturated carbocycles. The summed E-state index contributed by atoms with van der Waals surface area (Å²) in [5.74, 6) is 0.577. The molecule has 17 heavy (non-hydrogen) atoms. The normalized spacial score (nSPS) is 10.2. The fourth-order valence-electron chi connectivity index (χ4n) is 1.41. The van der Waals surface area contributed by atoms with Gasteiger partial charge in [0, 0.05) is 37.3 Å². The molecule has 0 atom stereocenters. The maximum Gasteiger partial charge on any atom is 0.223 e. The highest BCUT2D eigenvalue weighted by molar-refractivity contribution is 5.58. The van der Waals surface area contributed by atoms with Gasteiger partial charge in [-0.3, -0.25) is 4.98 Å². The number of aliphatic hydroxyl groups is 1. The van der Waals surface area contributed by atoms with Crippen LogP contribution in [0.2, 0.25) is 0 Å². The van der Waals surface area contributed by atoms with Crippen LogP contribution in [0.15, 0.2) is 36.8 Å². The second kappa shape index (κ2) is 5.91. The van der Waals surface area contributed by atoms with Gasteiger partial charge >= 0.3 is 0 Å². The summed E-state index contributed by atoms with van der Waals surface area (Å²) >= 11 is 0. The van der Waals surface area contributed by atoms with Crippen molar-refractivity contribution in [2.75, 3.05) is 18.5 Å². The summed E-state index contributed by atoms with van der Waals surface area (Å²) in [4.78, 5) is 12.5. The third-order valence-corrected chi connectivity index (χ3v) is 2.25. The van der Waals surface area contributed by atoms with Crippen molar-refractivity contribution in [3.05, 3.63) is 36.8 Å². The van der Waals surface area contributed by atoms with E-state index in [0.717, 1.165) is 11.3 Å². The van der Waals surface area contributed by atoms with Gasteiger partial charge < -0.3 is 10.4 Å². The molecule has 0 radical (unpaired) electrons. The lowest BCUT2D eigenvalue weighted by molar-refractivity contribution is 0.292. The highest BCUT2D eigenvalue weighted by Gasteiger charge is 2.00. The Hall–Kier alpha value is -2.01. The molecule has 0 unspecified atom stereocenters. The molecule has 88 valence electrons. The first kappa shape index (κ1) is 11.5. The minimum atomic E-state index is 0.164. The summed E-state index contributed by atoms with van der Waals surface area (Å²) in [6.45, 7) is 0.827. The second-order valence-electron chi connectivity index (χ2n) is 3.51. The van der Waals surface area contributed by atoms with Crippen molar-refractivity contribution in [2.45, 2.75) is 6.42 Å². The molecular weight excluding hydrogens is 216 g/mol. The van der Waals surface area contributed by atoms with E-state index in [2.05, 4.69) is 20.3 Å². The molecule has 2 aromatic heterocycles. The first-order chi connectivity index (χ1) is 8.40. The van der Waals surface area contributed by atoms with Crippen LogP contribution >= 0.6 is 0 Å². The Bertz CT molecular complexity index is 461. The molecule has 0 amide bonds. The molecule has 0 aromatic carbocycles. The molecular formula is C12H14N4O. The number of nitrogens with one attached hydrogen (secondary N) is 1. The van der Waals surface area contributed by atoms with Gasteiger partial charge in [0.15, 0.2) is 0 Å². The van der Waals surface area contributed by atoms with Crippen LogP contribution in [0.4, 0.5) is 5.95 Å². The van der Waals surface area contributed by atoms with Crippen LogP contribution in [0.3, 0.4) is 0 Å². The lowest BCUT2D eigenvalue weighted by Gasteiger charge is -2.05. The number of hydrogen-bond acceptors (Lipinski definition) is 5. The SMILES string of the molecule is OCCCNc1nccc(-c2ccncc2)n1. The van der Waals surface area contributed by atoms with Crippen LogP contribution in [-0.4, -0.2) is 33.2 Å². The fourth-order valence-corrected chi connectivity index (χ4v) is 1.41. The molecule has 2 N–H and O–H groups in total. The molecule has 0 saturated heterocycles. The van der Waals surface area contributed by atoms with Gasteiger partial charge in [-0.25, -0.2) is 9.97 Å². The number of rotatable bonds is 5. The number of nitrogens with zero attached hydrogens (tertiary/aromatic N) is 3. The highest BCUT2D eigenvalue weighted by atomic mass is 16.3. The molecule has 2 rings (SSSR count). The molecule has 5 heteroatoms. The van der Waals surface area contributed by atoms with Crippen molar-refractivity contribution in [3.63, 3.8) is 0 Å². The van der Waals surface area contributed by atoms with E-state index in [-0.39, 0.29) is 6.61 Å². The van der Waals surface area contributed by atoms with Crippen molar-refractivity contribution in [3.8, 4) is 11.3 Å². The van der Waals surface area contributed by atoms with E-state index in [1.807, 2.05) is 18.2 Å². The van der Waals surface area contributed by atoms with Crippen molar-refractivity contribution in [1.29, 1.82) is 0 Å². The summed E-state index contributed by atoms with van der Waals surface area (Å²) in [6, 6.07) is 5.66. The minimum Gasteiger partial charge on any atom is -0.396 e. The average molecular weight is 230 g/mol. The monoisotopic (exact) mass is 230 g/mol. The summed E-state index contributed by atoms with van der Waals surface area (Å²) in [7, 11) is 0. The number of aromatic nitrogens is 3. The third kappa shape index (κ3) is 3.22. The Labute approximate surface area is 99.6 Å². The van der Waals surface area contributed by atoms with Crippen molar-refractivity contribution >= 4 is 5.95 Å². The maximum atomic E-state index is 8.69. The van der Waals surface area contributed by atoms with Crippen LogP contribution in [-0.2, 0) is 0 Å². The third-order valence-electron chi connectivity index (χ3n) is 2.25. The van der Waals surface area contributed by atoms with Crippen LogP contribution in [0.5, 0.6) is 0 Å². The van der Waals surface area contributed by atoms with E-state index in [0.29, 0.717) is 18.9 Å². The van der Waals surface area contributed by atoms with E-state index in [1.165, 1.54) is 0 Å². The van der Waals surface area contributed by atoms with Crippen LogP contribution < -0.4 is 5.32 Å². The van der Waals surface area contributed by atoms with Crippen LogP contribution in [0.1, 0.15) is 6.42 Å². The van der Waals surface area contributed by atoms with E-state index in [9.17, 15) is 0 Å². The Morgan fingerprint density at radius 2 is 1.94 bits per heavy atom. The number of pyridine rings is 1.